The molecule has 1 aliphatic rings. The first kappa shape index (κ1) is 11.2. The fourth-order valence-corrected chi connectivity index (χ4v) is 2.01. The predicted molar refractivity (Wildman–Crippen MR) is 55.0 cm³/mol. The molecule has 14 heavy (non-hydrogen) atoms. The molecule has 4 heteroatoms. The van der Waals surface area contributed by atoms with Crippen LogP contribution in [-0.4, -0.2) is 37.4 Å². The molecule has 0 aliphatic carbocycles. The summed E-state index contributed by atoms with van der Waals surface area (Å²) in [5.74, 6) is 0.918. The zero-order valence-electron chi connectivity index (χ0n) is 9.70. The van der Waals surface area contributed by atoms with E-state index in [0.717, 1.165) is 24.4 Å². The van der Waals surface area contributed by atoms with E-state index >= 15 is 0 Å². The maximum Gasteiger partial charge on any atom is 0.212 e. The van der Waals surface area contributed by atoms with Crippen molar-refractivity contribution in [3.8, 4) is 0 Å². The molecule has 82 valence electrons. The summed E-state index contributed by atoms with van der Waals surface area (Å²) in [5, 5.41) is 1.93. The quantitative estimate of drug-likeness (QED) is 0.690. The lowest BCUT2D eigenvalue weighted by molar-refractivity contribution is -0.148. The lowest BCUT2D eigenvalue weighted by Crippen LogP contribution is -2.37. The van der Waals surface area contributed by atoms with Crippen molar-refractivity contribution in [1.29, 1.82) is 0 Å². The van der Waals surface area contributed by atoms with E-state index in [4.69, 9.17) is 9.57 Å². The van der Waals surface area contributed by atoms with Gasteiger partial charge in [-0.1, -0.05) is 13.8 Å². The first-order valence-corrected chi connectivity index (χ1v) is 5.04. The smallest absolute Gasteiger partial charge is 0.212 e. The summed E-state index contributed by atoms with van der Waals surface area (Å²) in [6.45, 7) is 4.24. The molecule has 0 amide bonds. The van der Waals surface area contributed by atoms with Gasteiger partial charge >= 0.3 is 0 Å². The van der Waals surface area contributed by atoms with Gasteiger partial charge in [-0.25, -0.2) is 5.06 Å². The normalized spacial score (nSPS) is 22.2. The lowest BCUT2D eigenvalue weighted by Gasteiger charge is -2.28. The molecule has 1 heterocycles. The van der Waals surface area contributed by atoms with Crippen LogP contribution < -0.4 is 0 Å². The SMILES string of the molecule is CCC1=C(OC)N(C)C(CC)N1OC. The summed E-state index contributed by atoms with van der Waals surface area (Å²) in [4.78, 5) is 7.49. The Hall–Kier alpha value is -0.900. The van der Waals surface area contributed by atoms with Crippen molar-refractivity contribution in [2.45, 2.75) is 32.9 Å². The third-order valence-corrected chi connectivity index (χ3v) is 2.64. The van der Waals surface area contributed by atoms with E-state index < -0.39 is 0 Å². The van der Waals surface area contributed by atoms with Gasteiger partial charge in [-0.15, -0.1) is 0 Å². The van der Waals surface area contributed by atoms with E-state index in [-0.39, 0.29) is 6.17 Å². The zero-order chi connectivity index (χ0) is 10.7. The molecule has 0 saturated heterocycles. The lowest BCUT2D eigenvalue weighted by atomic mass is 10.3. The highest BCUT2D eigenvalue weighted by Gasteiger charge is 2.35. The largest absolute Gasteiger partial charge is 0.481 e. The Labute approximate surface area is 86.0 Å². The van der Waals surface area contributed by atoms with Gasteiger partial charge in [-0.2, -0.15) is 0 Å². The maximum atomic E-state index is 5.37. The minimum Gasteiger partial charge on any atom is -0.481 e. The summed E-state index contributed by atoms with van der Waals surface area (Å²) in [7, 11) is 5.43. The molecular formula is C10H20N2O2. The Bertz CT molecular complexity index is 228. The molecule has 0 N–H and O–H groups in total. The maximum absolute atomic E-state index is 5.37. The molecule has 1 aliphatic heterocycles. The van der Waals surface area contributed by atoms with Crippen LogP contribution in [0.1, 0.15) is 26.7 Å². The molecule has 0 saturated carbocycles. The third-order valence-electron chi connectivity index (χ3n) is 2.64. The Balaban J connectivity index is 2.96. The molecule has 4 nitrogen and oxygen atoms in total. The minimum atomic E-state index is 0.255. The van der Waals surface area contributed by atoms with Gasteiger partial charge in [0.1, 0.15) is 11.9 Å². The molecule has 0 aromatic carbocycles. The summed E-state index contributed by atoms with van der Waals surface area (Å²) in [6.07, 6.45) is 2.17. The average Bonchev–Trinajstić information content (AvgIpc) is 2.48. The summed E-state index contributed by atoms with van der Waals surface area (Å²) >= 11 is 0. The van der Waals surface area contributed by atoms with Gasteiger partial charge in [-0.05, 0) is 12.8 Å². The molecule has 0 aromatic heterocycles. The number of ether oxygens (including phenoxy) is 1. The Kier molecular flexibility index (Phi) is 3.63. The van der Waals surface area contributed by atoms with Crippen molar-refractivity contribution >= 4 is 0 Å². The van der Waals surface area contributed by atoms with E-state index in [2.05, 4.69) is 18.7 Å². The first-order chi connectivity index (χ1) is 6.71. The van der Waals surface area contributed by atoms with Crippen LogP contribution in [0.15, 0.2) is 11.6 Å². The van der Waals surface area contributed by atoms with Gasteiger partial charge in [-0.3, -0.25) is 4.84 Å². The number of hydrogen-bond acceptors (Lipinski definition) is 4. The second-order valence-electron chi connectivity index (χ2n) is 3.32. The monoisotopic (exact) mass is 200 g/mol. The van der Waals surface area contributed by atoms with Gasteiger partial charge in [0.05, 0.1) is 14.2 Å². The van der Waals surface area contributed by atoms with Crippen LogP contribution in [0.2, 0.25) is 0 Å². The minimum absolute atomic E-state index is 0.255. The van der Waals surface area contributed by atoms with Crippen molar-refractivity contribution in [2.24, 2.45) is 0 Å². The summed E-state index contributed by atoms with van der Waals surface area (Å²) in [5.41, 5.74) is 1.12. The van der Waals surface area contributed by atoms with Crippen molar-refractivity contribution in [2.75, 3.05) is 21.3 Å². The Morgan fingerprint density at radius 1 is 1.29 bits per heavy atom. The Morgan fingerprint density at radius 2 is 1.93 bits per heavy atom. The van der Waals surface area contributed by atoms with Crippen LogP contribution in [0.5, 0.6) is 0 Å². The van der Waals surface area contributed by atoms with Crippen LogP contribution >= 0.6 is 0 Å². The van der Waals surface area contributed by atoms with Crippen molar-refractivity contribution in [1.82, 2.24) is 9.96 Å². The van der Waals surface area contributed by atoms with E-state index in [1.54, 1.807) is 14.2 Å². The van der Waals surface area contributed by atoms with E-state index in [0.29, 0.717) is 0 Å². The number of nitrogens with zero attached hydrogens (tertiary/aromatic N) is 2. The highest BCUT2D eigenvalue weighted by molar-refractivity contribution is 5.12. The second kappa shape index (κ2) is 4.55. The molecular weight excluding hydrogens is 180 g/mol. The molecule has 0 fully saturated rings. The highest BCUT2D eigenvalue weighted by atomic mass is 16.7. The van der Waals surface area contributed by atoms with E-state index in [9.17, 15) is 0 Å². The molecule has 0 bridgehead atoms. The van der Waals surface area contributed by atoms with Gasteiger partial charge in [0.15, 0.2) is 0 Å². The zero-order valence-corrected chi connectivity index (χ0v) is 9.70. The number of rotatable bonds is 4. The molecule has 1 rings (SSSR count). The van der Waals surface area contributed by atoms with Crippen LogP contribution in [0.4, 0.5) is 0 Å². The van der Waals surface area contributed by atoms with Crippen molar-refractivity contribution in [3.63, 3.8) is 0 Å². The Morgan fingerprint density at radius 3 is 2.29 bits per heavy atom. The van der Waals surface area contributed by atoms with Crippen LogP contribution in [-0.2, 0) is 9.57 Å². The molecule has 0 spiro atoms. The van der Waals surface area contributed by atoms with Gasteiger partial charge in [0.2, 0.25) is 5.88 Å². The van der Waals surface area contributed by atoms with Crippen LogP contribution in [0.25, 0.3) is 0 Å². The first-order valence-electron chi connectivity index (χ1n) is 5.04. The van der Waals surface area contributed by atoms with Gasteiger partial charge < -0.3 is 9.64 Å². The summed E-state index contributed by atoms with van der Waals surface area (Å²) < 4.78 is 5.37. The van der Waals surface area contributed by atoms with Gasteiger partial charge in [0, 0.05) is 7.05 Å². The molecule has 0 radical (unpaired) electrons. The predicted octanol–water partition coefficient (Wildman–Crippen LogP) is 1.76. The number of methoxy groups -OCH3 is 1. The fraction of sp³-hybridized carbons (Fsp3) is 0.800. The van der Waals surface area contributed by atoms with Crippen LogP contribution in [0.3, 0.4) is 0 Å². The van der Waals surface area contributed by atoms with Crippen LogP contribution in [0, 0.1) is 0 Å². The molecule has 0 aromatic rings. The second-order valence-corrected chi connectivity index (χ2v) is 3.32. The topological polar surface area (TPSA) is 24.9 Å². The number of allylic oxidation sites excluding steroid dienone is 1. The van der Waals surface area contributed by atoms with Crippen molar-refractivity contribution < 1.29 is 9.57 Å². The highest BCUT2D eigenvalue weighted by Crippen LogP contribution is 2.31. The third kappa shape index (κ3) is 1.54. The number of hydroxylamine groups is 2. The van der Waals surface area contributed by atoms with E-state index in [1.165, 1.54) is 0 Å². The molecule has 1 atom stereocenters. The fourth-order valence-electron chi connectivity index (χ4n) is 2.01. The summed E-state index contributed by atoms with van der Waals surface area (Å²) in [6, 6.07) is 0. The van der Waals surface area contributed by atoms with Gasteiger partial charge in [0.25, 0.3) is 0 Å². The standard InChI is InChI=1S/C10H20N2O2/c1-6-8-10(13-4)11(3)9(7-2)12(8)14-5/h9H,6-7H2,1-5H3. The molecule has 1 unspecified atom stereocenters. The average molecular weight is 200 g/mol. The van der Waals surface area contributed by atoms with Crippen molar-refractivity contribution in [3.05, 3.63) is 11.6 Å². The number of hydrogen-bond donors (Lipinski definition) is 0. The van der Waals surface area contributed by atoms with E-state index in [1.807, 2.05) is 12.1 Å².